The molecule has 2 amide bonds. The molecule has 1 saturated heterocycles. The number of anilines is 1. The molecule has 2 atom stereocenters. The van der Waals surface area contributed by atoms with Crippen LogP contribution in [0.4, 0.5) is 5.13 Å². The quantitative estimate of drug-likeness (QED) is 0.0208. The molecule has 2 aliphatic heterocycles. The summed E-state index contributed by atoms with van der Waals surface area (Å²) in [5.74, 6) is -2.00. The second kappa shape index (κ2) is 25.8. The number of halogens is 1. The van der Waals surface area contributed by atoms with Crippen LogP contribution in [0.15, 0.2) is 282 Å². The number of hydrogen-bond donors (Lipinski definition) is 3. The molecule has 0 saturated carbocycles. The minimum Gasteiger partial charge on any atom is -0.448 e. The van der Waals surface area contributed by atoms with Crippen molar-refractivity contribution >= 4 is 63.3 Å². The highest BCUT2D eigenvalue weighted by Crippen LogP contribution is 2.47. The number of β-lactam (4-membered cyclic amide) rings is 1. The molecule has 12 nitrogen and oxygen atoms in total. The van der Waals surface area contributed by atoms with E-state index in [4.69, 9.17) is 37.0 Å². The summed E-state index contributed by atoms with van der Waals surface area (Å²) in [5.41, 5.74) is 10.6. The molecule has 0 unspecified atom stereocenters. The van der Waals surface area contributed by atoms with Crippen LogP contribution >= 0.6 is 34.7 Å². The maximum atomic E-state index is 15.8. The van der Waals surface area contributed by atoms with Gasteiger partial charge in [0.05, 0.1) is 11.7 Å². The van der Waals surface area contributed by atoms with Gasteiger partial charge in [-0.2, -0.15) is 0 Å². The van der Waals surface area contributed by atoms with Crippen LogP contribution in [0.25, 0.3) is 0 Å². The Morgan fingerprint density at radius 1 is 0.663 bits per heavy atom. The maximum Gasteiger partial charge on any atom is 0.356 e. The summed E-state index contributed by atoms with van der Waals surface area (Å²) in [4.78, 5) is 65.9. The molecule has 2 aliphatic rings. The molecule has 10 aromatic rings. The number of thiazole rings is 1. The number of benzene rings is 8. The minimum atomic E-state index is -1.43. The maximum absolute atomic E-state index is 15.8. The highest BCUT2D eigenvalue weighted by Gasteiger charge is 2.55. The standard InChI is InChI=1S/C71H58ClN7O5S2/c72-65-61(76-69(86-65)77-70(50-30-13-3-14-31-50,51-32-15-4-16-33-51)52-34-17-5-18-35-52)62(78-84-71(53-36-19-6-20-37-53,54-38-21-7-22-39-54)55-40-23-8-24-41-55)66(80)75-60-57-43-44-59(85-58-42-25-47-74-56(58)45-46-73)63(79(57)67(60)81)68(82)83-64(48-26-9-1-10-27-48)49-28-11-2-12-29-49/h1-42,47,57,60,64H,43-46,73H2,(H,75,80)(H,76,77)/b78-62-/t57-,60+/m1/s1. The third-order valence-corrected chi connectivity index (χ3v) is 17.9. The average molecular weight is 1190 g/mol. The number of carbonyl (C=O) groups is 3. The number of fused-ring (bicyclic) bond motifs is 1. The van der Waals surface area contributed by atoms with Gasteiger partial charge in [0.2, 0.25) is 5.60 Å². The Labute approximate surface area is 512 Å². The van der Waals surface area contributed by atoms with Gasteiger partial charge in [0.25, 0.3) is 11.8 Å². The zero-order valence-corrected chi connectivity index (χ0v) is 48.9. The van der Waals surface area contributed by atoms with E-state index in [1.165, 1.54) is 16.7 Å². The van der Waals surface area contributed by atoms with Gasteiger partial charge in [0.1, 0.15) is 27.3 Å². The Balaban J connectivity index is 0.957. The Bertz CT molecular complexity index is 3800. The average Bonchev–Trinajstić information content (AvgIpc) is 2.35. The highest BCUT2D eigenvalue weighted by molar-refractivity contribution is 8.03. The molecule has 4 heterocycles. The summed E-state index contributed by atoms with van der Waals surface area (Å²) in [6.45, 7) is 0.365. The largest absolute Gasteiger partial charge is 0.448 e. The van der Waals surface area contributed by atoms with Crippen LogP contribution in [0.1, 0.15) is 74.8 Å². The molecule has 0 bridgehead atoms. The third kappa shape index (κ3) is 11.3. The van der Waals surface area contributed by atoms with Crippen molar-refractivity contribution in [3.05, 3.63) is 332 Å². The Hall–Kier alpha value is -9.44. The van der Waals surface area contributed by atoms with Gasteiger partial charge in [-0.15, -0.1) is 0 Å². The van der Waals surface area contributed by atoms with Crippen LogP contribution < -0.4 is 16.4 Å². The Kier molecular flexibility index (Phi) is 17.1. The fourth-order valence-corrected chi connectivity index (χ4v) is 13.8. The number of ether oxygens (including phenoxy) is 1. The lowest BCUT2D eigenvalue weighted by atomic mass is 9.77. The van der Waals surface area contributed by atoms with Crippen molar-refractivity contribution in [3.63, 3.8) is 0 Å². The first kappa shape index (κ1) is 57.0. The van der Waals surface area contributed by atoms with E-state index in [2.05, 4.69) is 52.0 Å². The second-order valence-corrected chi connectivity index (χ2v) is 23.4. The molecule has 0 aliphatic carbocycles. The van der Waals surface area contributed by atoms with Crippen LogP contribution in [0.5, 0.6) is 0 Å². The van der Waals surface area contributed by atoms with Crippen molar-refractivity contribution in [3.8, 4) is 0 Å². The summed E-state index contributed by atoms with van der Waals surface area (Å²) in [5, 5.41) is 12.1. The van der Waals surface area contributed by atoms with Gasteiger partial charge >= 0.3 is 5.97 Å². The number of amides is 2. The number of aromatic nitrogens is 2. The van der Waals surface area contributed by atoms with Crippen molar-refractivity contribution in [1.82, 2.24) is 20.2 Å². The van der Waals surface area contributed by atoms with Crippen LogP contribution in [0, 0.1) is 0 Å². The summed E-state index contributed by atoms with van der Waals surface area (Å²) < 4.78 is 6.67. The van der Waals surface area contributed by atoms with Gasteiger partial charge in [-0.3, -0.25) is 19.5 Å². The lowest BCUT2D eigenvalue weighted by molar-refractivity contribution is -0.158. The van der Waals surface area contributed by atoms with E-state index in [1.807, 2.05) is 218 Å². The first-order valence-corrected chi connectivity index (χ1v) is 30.3. The number of hydrogen-bond acceptors (Lipinski definition) is 12. The summed E-state index contributed by atoms with van der Waals surface area (Å²) in [6, 6.07) is 80.2. The molecule has 0 radical (unpaired) electrons. The number of pyridine rings is 1. The SMILES string of the molecule is NCCc1ncccc1SC1=C(C(=O)OC(c2ccccc2)c2ccccc2)N2C(=O)[C@@H](NC(=O)/C(=N\OC(c3ccccc3)(c3ccccc3)c3ccccc3)c3nc(NC(c4ccccc4)(c4ccccc4)c4ccccc4)sc3Cl)[C@H]2CC1. The highest BCUT2D eigenvalue weighted by atomic mass is 35.5. The summed E-state index contributed by atoms with van der Waals surface area (Å²) in [7, 11) is 0. The molecule has 4 N–H and O–H groups in total. The predicted octanol–water partition coefficient (Wildman–Crippen LogP) is 13.6. The minimum absolute atomic E-state index is 0.00979. The molecule has 0 spiro atoms. The fourth-order valence-electron chi connectivity index (χ4n) is 11.5. The van der Waals surface area contributed by atoms with Crippen molar-refractivity contribution < 1.29 is 24.0 Å². The summed E-state index contributed by atoms with van der Waals surface area (Å²) >= 11 is 9.93. The zero-order chi connectivity index (χ0) is 58.9. The molecular formula is C71H58ClN7O5S2. The van der Waals surface area contributed by atoms with Crippen LogP contribution in [0.3, 0.4) is 0 Å². The predicted molar refractivity (Wildman–Crippen MR) is 339 cm³/mol. The van der Waals surface area contributed by atoms with Gasteiger partial charge in [0, 0.05) is 39.1 Å². The molecule has 12 rings (SSSR count). The normalized spacial score (nSPS) is 15.1. The smallest absolute Gasteiger partial charge is 0.356 e. The number of oxime groups is 1. The van der Waals surface area contributed by atoms with E-state index in [9.17, 15) is 0 Å². The molecular weight excluding hydrogens is 1130 g/mol. The van der Waals surface area contributed by atoms with Gasteiger partial charge in [0.15, 0.2) is 16.9 Å². The third-order valence-electron chi connectivity index (χ3n) is 15.5. The van der Waals surface area contributed by atoms with E-state index in [0.29, 0.717) is 35.8 Å². The zero-order valence-electron chi connectivity index (χ0n) is 46.5. The Morgan fingerprint density at radius 2 is 1.13 bits per heavy atom. The first-order chi connectivity index (χ1) is 42.3. The van der Waals surface area contributed by atoms with Gasteiger partial charge in [-0.05, 0) is 59.3 Å². The second-order valence-electron chi connectivity index (χ2n) is 20.7. The van der Waals surface area contributed by atoms with Crippen LogP contribution in [0.2, 0.25) is 4.34 Å². The monoisotopic (exact) mass is 1190 g/mol. The van der Waals surface area contributed by atoms with E-state index < -0.39 is 47.1 Å². The fraction of sp³-hybridized carbons (Fsp3) is 0.127. The molecule has 1 fully saturated rings. The van der Waals surface area contributed by atoms with Crippen LogP contribution in [-0.4, -0.2) is 57.0 Å². The summed E-state index contributed by atoms with van der Waals surface area (Å²) in [6.07, 6.45) is 2.16. The number of carbonyl (C=O) groups excluding carboxylic acids is 3. The number of esters is 1. The lowest BCUT2D eigenvalue weighted by Gasteiger charge is -2.50. The molecule has 2 aromatic heterocycles. The topological polar surface area (TPSA) is 161 Å². The van der Waals surface area contributed by atoms with E-state index in [-0.39, 0.29) is 21.4 Å². The number of allylic oxidation sites excluding steroid dienone is 1. The van der Waals surface area contributed by atoms with Crippen molar-refractivity contribution in [1.29, 1.82) is 0 Å². The van der Waals surface area contributed by atoms with E-state index >= 15 is 14.4 Å². The molecule has 86 heavy (non-hydrogen) atoms. The van der Waals surface area contributed by atoms with Gasteiger partial charge < -0.3 is 25.9 Å². The van der Waals surface area contributed by atoms with Gasteiger partial charge in [-0.25, -0.2) is 9.78 Å². The van der Waals surface area contributed by atoms with Crippen molar-refractivity contribution in [2.45, 2.75) is 53.5 Å². The van der Waals surface area contributed by atoms with Crippen molar-refractivity contribution in [2.24, 2.45) is 10.9 Å². The first-order valence-electron chi connectivity index (χ1n) is 28.3. The number of thioether (sulfide) groups is 1. The van der Waals surface area contributed by atoms with E-state index in [0.717, 1.165) is 66.4 Å². The number of rotatable bonds is 21. The van der Waals surface area contributed by atoms with Crippen LogP contribution in [-0.2, 0) is 41.5 Å². The van der Waals surface area contributed by atoms with E-state index in [1.54, 1.807) is 6.20 Å². The molecule has 15 heteroatoms. The lowest BCUT2D eigenvalue weighted by Crippen LogP contribution is -2.72. The molecule has 426 valence electrons. The molecule has 8 aromatic carbocycles. The number of nitrogens with two attached hydrogens (primary N) is 1. The van der Waals surface area contributed by atoms with Gasteiger partial charge in [-0.1, -0.05) is 283 Å². The Morgan fingerprint density at radius 3 is 1.60 bits per heavy atom. The number of nitrogens with zero attached hydrogens (tertiary/aromatic N) is 4. The van der Waals surface area contributed by atoms with Crippen molar-refractivity contribution in [2.75, 3.05) is 11.9 Å². The number of nitrogens with one attached hydrogen (secondary N) is 2.